The minimum atomic E-state index is 0.833. The highest BCUT2D eigenvalue weighted by molar-refractivity contribution is 14.1. The fraction of sp³-hybridized carbons (Fsp3) is 0.455. The maximum Gasteiger partial charge on any atom is 0.134 e. The molecule has 0 amide bonds. The van der Waals surface area contributed by atoms with Gasteiger partial charge in [0.1, 0.15) is 5.75 Å². The Labute approximate surface area is 164 Å². The molecule has 0 N–H and O–H groups in total. The Morgan fingerprint density at radius 2 is 1.84 bits per heavy atom. The van der Waals surface area contributed by atoms with Gasteiger partial charge in [0, 0.05) is 24.8 Å². The molecule has 4 rings (SSSR count). The SMILES string of the molecule is COc1cc(N2CCC(CC3CC3c3ccccc3)CC2)ccc1I. The van der Waals surface area contributed by atoms with Gasteiger partial charge in [0.25, 0.3) is 0 Å². The Morgan fingerprint density at radius 3 is 2.56 bits per heavy atom. The van der Waals surface area contributed by atoms with Crippen molar-refractivity contribution in [3.8, 4) is 5.75 Å². The number of ether oxygens (including phenoxy) is 1. The highest BCUT2D eigenvalue weighted by Crippen LogP contribution is 2.51. The van der Waals surface area contributed by atoms with E-state index in [2.05, 4.69) is 76.0 Å². The average molecular weight is 447 g/mol. The van der Waals surface area contributed by atoms with Crippen LogP contribution in [-0.4, -0.2) is 20.2 Å². The van der Waals surface area contributed by atoms with E-state index in [1.54, 1.807) is 12.7 Å². The first kappa shape index (κ1) is 17.2. The summed E-state index contributed by atoms with van der Waals surface area (Å²) in [5.41, 5.74) is 2.86. The minimum absolute atomic E-state index is 0.833. The molecule has 2 fully saturated rings. The van der Waals surface area contributed by atoms with Gasteiger partial charge in [-0.15, -0.1) is 0 Å². The summed E-state index contributed by atoms with van der Waals surface area (Å²) in [6, 6.07) is 17.7. The Bertz CT molecular complexity index is 709. The van der Waals surface area contributed by atoms with Crippen LogP contribution in [0.1, 0.15) is 37.2 Å². The molecule has 2 atom stereocenters. The zero-order valence-electron chi connectivity index (χ0n) is 14.8. The van der Waals surface area contributed by atoms with Crippen LogP contribution in [0.4, 0.5) is 5.69 Å². The third kappa shape index (κ3) is 3.97. The molecule has 0 aromatic heterocycles. The lowest BCUT2D eigenvalue weighted by atomic mass is 9.90. The van der Waals surface area contributed by atoms with Crippen LogP contribution in [0.5, 0.6) is 5.75 Å². The minimum Gasteiger partial charge on any atom is -0.496 e. The molecule has 3 heteroatoms. The van der Waals surface area contributed by atoms with Crippen LogP contribution in [0.2, 0.25) is 0 Å². The fourth-order valence-corrected chi connectivity index (χ4v) is 4.87. The highest BCUT2D eigenvalue weighted by atomic mass is 127. The number of halogens is 1. The largest absolute Gasteiger partial charge is 0.496 e. The summed E-state index contributed by atoms with van der Waals surface area (Å²) < 4.78 is 6.66. The quantitative estimate of drug-likeness (QED) is 0.545. The van der Waals surface area contributed by atoms with Crippen molar-refractivity contribution in [2.45, 2.75) is 31.6 Å². The number of benzene rings is 2. The molecular formula is C22H26INO. The number of methoxy groups -OCH3 is 1. The maximum absolute atomic E-state index is 5.48. The highest BCUT2D eigenvalue weighted by Gasteiger charge is 2.39. The predicted octanol–water partition coefficient (Wildman–Crippen LogP) is 5.71. The van der Waals surface area contributed by atoms with Crippen LogP contribution in [-0.2, 0) is 0 Å². The standard InChI is InChI=1S/C22H26INO/c1-25-22-15-19(7-8-21(22)23)24-11-9-16(10-12-24)13-18-14-20(18)17-5-3-2-4-6-17/h2-8,15-16,18,20H,9-14H2,1H3. The fourth-order valence-electron chi connectivity index (χ4n) is 4.32. The van der Waals surface area contributed by atoms with Gasteiger partial charge in [-0.3, -0.25) is 0 Å². The van der Waals surface area contributed by atoms with Gasteiger partial charge < -0.3 is 9.64 Å². The lowest BCUT2D eigenvalue weighted by Gasteiger charge is -2.34. The van der Waals surface area contributed by atoms with Gasteiger partial charge in [0.2, 0.25) is 0 Å². The second-order valence-electron chi connectivity index (χ2n) is 7.50. The summed E-state index contributed by atoms with van der Waals surface area (Å²) in [5, 5.41) is 0. The Hall–Kier alpha value is -1.23. The third-order valence-corrected chi connectivity index (χ3v) is 6.79. The average Bonchev–Trinajstić information content (AvgIpc) is 3.43. The van der Waals surface area contributed by atoms with Gasteiger partial charge in [-0.1, -0.05) is 30.3 Å². The number of anilines is 1. The summed E-state index contributed by atoms with van der Waals surface area (Å²) in [4.78, 5) is 2.52. The number of piperidine rings is 1. The summed E-state index contributed by atoms with van der Waals surface area (Å²) in [7, 11) is 1.76. The molecule has 2 aliphatic rings. The summed E-state index contributed by atoms with van der Waals surface area (Å²) in [6.07, 6.45) is 5.47. The maximum atomic E-state index is 5.48. The Balaban J connectivity index is 1.29. The number of hydrogen-bond donors (Lipinski definition) is 0. The monoisotopic (exact) mass is 447 g/mol. The van der Waals surface area contributed by atoms with Crippen molar-refractivity contribution in [3.05, 3.63) is 57.7 Å². The van der Waals surface area contributed by atoms with Crippen molar-refractivity contribution in [3.63, 3.8) is 0 Å². The second kappa shape index (κ2) is 7.56. The van der Waals surface area contributed by atoms with Gasteiger partial charge in [-0.25, -0.2) is 0 Å². The van der Waals surface area contributed by atoms with Crippen molar-refractivity contribution in [1.29, 1.82) is 0 Å². The van der Waals surface area contributed by atoms with E-state index >= 15 is 0 Å². The van der Waals surface area contributed by atoms with Gasteiger partial charge >= 0.3 is 0 Å². The molecule has 1 aliphatic carbocycles. The molecule has 25 heavy (non-hydrogen) atoms. The van der Waals surface area contributed by atoms with E-state index in [0.717, 1.165) is 23.5 Å². The summed E-state index contributed by atoms with van der Waals surface area (Å²) in [5.74, 6) is 3.65. The zero-order valence-corrected chi connectivity index (χ0v) is 17.0. The zero-order chi connectivity index (χ0) is 17.2. The molecule has 1 heterocycles. The van der Waals surface area contributed by atoms with Crippen molar-refractivity contribution in [1.82, 2.24) is 0 Å². The summed E-state index contributed by atoms with van der Waals surface area (Å²) >= 11 is 2.33. The van der Waals surface area contributed by atoms with Crippen LogP contribution in [0.25, 0.3) is 0 Å². The topological polar surface area (TPSA) is 12.5 Å². The van der Waals surface area contributed by atoms with E-state index in [1.165, 1.54) is 48.0 Å². The second-order valence-corrected chi connectivity index (χ2v) is 8.66. The number of rotatable bonds is 5. The summed E-state index contributed by atoms with van der Waals surface area (Å²) in [6.45, 7) is 2.36. The van der Waals surface area contributed by atoms with Gasteiger partial charge in [-0.2, -0.15) is 0 Å². The molecule has 0 bridgehead atoms. The number of hydrogen-bond acceptors (Lipinski definition) is 2. The van der Waals surface area contributed by atoms with Crippen molar-refractivity contribution in [2.75, 3.05) is 25.1 Å². The Morgan fingerprint density at radius 1 is 1.08 bits per heavy atom. The molecule has 2 unspecified atom stereocenters. The van der Waals surface area contributed by atoms with E-state index < -0.39 is 0 Å². The normalized spacial score (nSPS) is 23.5. The molecule has 0 spiro atoms. The Kier molecular flexibility index (Phi) is 5.20. The van der Waals surface area contributed by atoms with E-state index in [0.29, 0.717) is 0 Å². The van der Waals surface area contributed by atoms with Gasteiger partial charge in [0.05, 0.1) is 10.7 Å². The van der Waals surface area contributed by atoms with E-state index in [-0.39, 0.29) is 0 Å². The molecule has 132 valence electrons. The van der Waals surface area contributed by atoms with Crippen molar-refractivity contribution >= 4 is 28.3 Å². The van der Waals surface area contributed by atoms with Crippen LogP contribution < -0.4 is 9.64 Å². The molecule has 1 aliphatic heterocycles. The van der Waals surface area contributed by atoms with Crippen molar-refractivity contribution in [2.24, 2.45) is 11.8 Å². The molecule has 1 saturated heterocycles. The van der Waals surface area contributed by atoms with Crippen LogP contribution in [0.15, 0.2) is 48.5 Å². The van der Waals surface area contributed by atoms with Gasteiger partial charge in [0.15, 0.2) is 0 Å². The van der Waals surface area contributed by atoms with Crippen LogP contribution >= 0.6 is 22.6 Å². The van der Waals surface area contributed by atoms with E-state index in [1.807, 2.05) is 0 Å². The smallest absolute Gasteiger partial charge is 0.134 e. The predicted molar refractivity (Wildman–Crippen MR) is 113 cm³/mol. The molecule has 2 nitrogen and oxygen atoms in total. The number of nitrogens with zero attached hydrogens (tertiary/aromatic N) is 1. The van der Waals surface area contributed by atoms with Gasteiger partial charge in [-0.05, 0) is 83.7 Å². The molecule has 2 aromatic rings. The first-order valence-electron chi connectivity index (χ1n) is 9.38. The molecule has 1 saturated carbocycles. The molecule has 2 aromatic carbocycles. The molecular weight excluding hydrogens is 421 g/mol. The first-order chi connectivity index (χ1) is 12.2. The van der Waals surface area contributed by atoms with Crippen LogP contribution in [0.3, 0.4) is 0 Å². The van der Waals surface area contributed by atoms with E-state index in [9.17, 15) is 0 Å². The van der Waals surface area contributed by atoms with E-state index in [4.69, 9.17) is 4.74 Å². The lowest BCUT2D eigenvalue weighted by Crippen LogP contribution is -2.33. The first-order valence-corrected chi connectivity index (χ1v) is 10.5. The third-order valence-electron chi connectivity index (χ3n) is 5.90. The van der Waals surface area contributed by atoms with Crippen LogP contribution in [0, 0.1) is 15.4 Å². The molecule has 0 radical (unpaired) electrons. The van der Waals surface area contributed by atoms with Crippen molar-refractivity contribution < 1.29 is 4.74 Å². The lowest BCUT2D eigenvalue weighted by molar-refractivity contribution is 0.361.